The maximum absolute atomic E-state index is 13.4. The van der Waals surface area contributed by atoms with Gasteiger partial charge in [-0.1, -0.05) is 13.0 Å². The van der Waals surface area contributed by atoms with Gasteiger partial charge in [-0.2, -0.15) is 18.3 Å². The fourth-order valence-corrected chi connectivity index (χ4v) is 4.74. The van der Waals surface area contributed by atoms with Crippen LogP contribution >= 0.6 is 0 Å². The third-order valence-electron chi connectivity index (χ3n) is 6.44. The standard InChI is InChI=1S/C23H27F3N4O3/c1-4-29-21-18(14(3)28-30(21)17-8-10-33-11-9-17)13(2)19(22(29)32)27-20(31)15-6-5-7-16(12-15)23(24,25)26/h5-7,12-13,17,19H,4,8-11H2,1-3H3,(H,27,31). The fourth-order valence-electron chi connectivity index (χ4n) is 4.74. The van der Waals surface area contributed by atoms with Crippen molar-refractivity contribution in [3.8, 4) is 0 Å². The highest BCUT2D eigenvalue weighted by molar-refractivity contribution is 6.04. The Hall–Kier alpha value is -2.88. The molecule has 0 saturated carbocycles. The lowest BCUT2D eigenvalue weighted by molar-refractivity contribution is -0.137. The summed E-state index contributed by atoms with van der Waals surface area (Å²) in [5.74, 6) is -0.672. The highest BCUT2D eigenvalue weighted by atomic mass is 19.4. The van der Waals surface area contributed by atoms with Gasteiger partial charge in [0.25, 0.3) is 11.8 Å². The van der Waals surface area contributed by atoms with Gasteiger partial charge in [0.15, 0.2) is 0 Å². The number of rotatable bonds is 4. The first-order chi connectivity index (χ1) is 15.6. The molecule has 2 aliphatic rings. The zero-order valence-corrected chi connectivity index (χ0v) is 18.8. The molecule has 0 aliphatic carbocycles. The molecule has 3 heterocycles. The number of carbonyl (C=O) groups is 2. The molecule has 2 amide bonds. The number of aromatic nitrogens is 2. The average Bonchev–Trinajstić information content (AvgIpc) is 3.14. The summed E-state index contributed by atoms with van der Waals surface area (Å²) in [4.78, 5) is 27.9. The van der Waals surface area contributed by atoms with Gasteiger partial charge in [-0.15, -0.1) is 0 Å². The normalized spacial score (nSPS) is 21.8. The Morgan fingerprint density at radius 1 is 1.27 bits per heavy atom. The number of nitrogens with zero attached hydrogens (tertiary/aromatic N) is 3. The van der Waals surface area contributed by atoms with Crippen molar-refractivity contribution in [1.82, 2.24) is 15.1 Å². The molecule has 1 aromatic carbocycles. The molecule has 2 aliphatic heterocycles. The summed E-state index contributed by atoms with van der Waals surface area (Å²) in [6.45, 7) is 7.19. The maximum atomic E-state index is 13.4. The molecule has 7 nitrogen and oxygen atoms in total. The smallest absolute Gasteiger partial charge is 0.381 e. The molecule has 33 heavy (non-hydrogen) atoms. The number of benzene rings is 1. The van der Waals surface area contributed by atoms with Gasteiger partial charge in [-0.05, 0) is 44.9 Å². The maximum Gasteiger partial charge on any atom is 0.416 e. The fraction of sp³-hybridized carbons (Fsp3) is 0.522. The van der Waals surface area contributed by atoms with Gasteiger partial charge >= 0.3 is 6.18 Å². The minimum absolute atomic E-state index is 0.117. The number of hydrogen-bond donors (Lipinski definition) is 1. The van der Waals surface area contributed by atoms with Crippen LogP contribution in [-0.4, -0.2) is 47.4 Å². The number of hydrogen-bond acceptors (Lipinski definition) is 4. The van der Waals surface area contributed by atoms with E-state index in [1.165, 1.54) is 12.1 Å². The van der Waals surface area contributed by atoms with Crippen molar-refractivity contribution in [3.05, 3.63) is 46.6 Å². The molecule has 10 heteroatoms. The SMILES string of the molecule is CCN1C(=O)C(NC(=O)c2cccc(C(F)(F)F)c2)C(C)c2c(C)nn(C3CCOCC3)c21. The molecule has 1 N–H and O–H groups in total. The van der Waals surface area contributed by atoms with E-state index in [2.05, 4.69) is 5.32 Å². The summed E-state index contributed by atoms with van der Waals surface area (Å²) in [5, 5.41) is 7.42. The van der Waals surface area contributed by atoms with Gasteiger partial charge in [0.1, 0.15) is 11.9 Å². The van der Waals surface area contributed by atoms with Crippen LogP contribution in [0.5, 0.6) is 0 Å². The largest absolute Gasteiger partial charge is 0.416 e. The Balaban J connectivity index is 1.65. The minimum atomic E-state index is -4.56. The van der Waals surface area contributed by atoms with Crippen molar-refractivity contribution < 1.29 is 27.5 Å². The summed E-state index contributed by atoms with van der Waals surface area (Å²) in [5.41, 5.74) is 0.586. The van der Waals surface area contributed by atoms with E-state index in [4.69, 9.17) is 9.84 Å². The number of amides is 2. The molecule has 2 unspecified atom stereocenters. The molecular weight excluding hydrogens is 437 g/mol. The van der Waals surface area contributed by atoms with E-state index in [1.54, 1.807) is 4.90 Å². The van der Waals surface area contributed by atoms with Crippen LogP contribution in [-0.2, 0) is 15.7 Å². The molecule has 1 aromatic heterocycles. The van der Waals surface area contributed by atoms with E-state index in [0.29, 0.717) is 19.8 Å². The summed E-state index contributed by atoms with van der Waals surface area (Å²) in [6, 6.07) is 3.40. The minimum Gasteiger partial charge on any atom is -0.381 e. The van der Waals surface area contributed by atoms with Crippen molar-refractivity contribution in [3.63, 3.8) is 0 Å². The molecular formula is C23H27F3N4O3. The average molecular weight is 464 g/mol. The van der Waals surface area contributed by atoms with Crippen LogP contribution < -0.4 is 10.2 Å². The molecule has 178 valence electrons. The number of nitrogens with one attached hydrogen (secondary N) is 1. The zero-order valence-electron chi connectivity index (χ0n) is 18.8. The highest BCUT2D eigenvalue weighted by Crippen LogP contribution is 2.41. The van der Waals surface area contributed by atoms with Crippen LogP contribution in [0.1, 0.15) is 65.8 Å². The highest BCUT2D eigenvalue weighted by Gasteiger charge is 2.43. The third-order valence-corrected chi connectivity index (χ3v) is 6.44. The summed E-state index contributed by atoms with van der Waals surface area (Å²) in [7, 11) is 0. The lowest BCUT2D eigenvalue weighted by Gasteiger charge is -2.38. The second-order valence-electron chi connectivity index (χ2n) is 8.51. The van der Waals surface area contributed by atoms with Gasteiger partial charge in [0.2, 0.25) is 0 Å². The monoisotopic (exact) mass is 464 g/mol. The van der Waals surface area contributed by atoms with Crippen molar-refractivity contribution in [2.45, 2.75) is 57.8 Å². The molecule has 1 fully saturated rings. The number of aryl methyl sites for hydroxylation is 1. The number of carbonyl (C=O) groups excluding carboxylic acids is 2. The number of halogens is 3. The first kappa shape index (κ1) is 23.3. The van der Waals surface area contributed by atoms with Gasteiger partial charge in [-0.25, -0.2) is 4.68 Å². The lowest BCUT2D eigenvalue weighted by atomic mass is 9.87. The quantitative estimate of drug-likeness (QED) is 0.746. The predicted octanol–water partition coefficient (Wildman–Crippen LogP) is 3.83. The third kappa shape index (κ3) is 4.23. The number of alkyl halides is 3. The van der Waals surface area contributed by atoms with Crippen LogP contribution in [0.25, 0.3) is 0 Å². The molecule has 2 atom stereocenters. The molecule has 0 bridgehead atoms. The zero-order chi connectivity index (χ0) is 23.9. The Morgan fingerprint density at radius 2 is 1.97 bits per heavy atom. The molecule has 1 saturated heterocycles. The van der Waals surface area contributed by atoms with E-state index in [0.717, 1.165) is 42.0 Å². The van der Waals surface area contributed by atoms with E-state index < -0.39 is 29.6 Å². The van der Waals surface area contributed by atoms with Crippen molar-refractivity contribution >= 4 is 17.6 Å². The molecule has 4 rings (SSSR count). The van der Waals surface area contributed by atoms with Crippen LogP contribution in [0, 0.1) is 6.92 Å². The number of anilines is 1. The number of ether oxygens (including phenoxy) is 1. The van der Waals surface area contributed by atoms with Crippen molar-refractivity contribution in [2.24, 2.45) is 0 Å². The van der Waals surface area contributed by atoms with Crippen LogP contribution in [0.4, 0.5) is 19.0 Å². The predicted molar refractivity (Wildman–Crippen MR) is 115 cm³/mol. The first-order valence-corrected chi connectivity index (χ1v) is 11.1. The van der Waals surface area contributed by atoms with Crippen molar-refractivity contribution in [2.75, 3.05) is 24.7 Å². The first-order valence-electron chi connectivity index (χ1n) is 11.1. The molecule has 0 spiro atoms. The van der Waals surface area contributed by atoms with Gasteiger partial charge in [0.05, 0.1) is 17.3 Å². The molecule has 2 aromatic rings. The summed E-state index contributed by atoms with van der Waals surface area (Å²) < 4.78 is 46.6. The van der Waals surface area contributed by atoms with E-state index in [-0.39, 0.29) is 17.5 Å². The second kappa shape index (κ2) is 8.81. The van der Waals surface area contributed by atoms with Crippen LogP contribution in [0.15, 0.2) is 24.3 Å². The Bertz CT molecular complexity index is 1060. The van der Waals surface area contributed by atoms with Gasteiger partial charge < -0.3 is 10.1 Å². The Labute approximate surface area is 189 Å². The van der Waals surface area contributed by atoms with E-state index >= 15 is 0 Å². The number of likely N-dealkylation sites (N-methyl/N-ethyl adjacent to an activating group) is 1. The Kier molecular flexibility index (Phi) is 6.22. The summed E-state index contributed by atoms with van der Waals surface area (Å²) in [6.07, 6.45) is -2.97. The second-order valence-corrected chi connectivity index (χ2v) is 8.51. The Morgan fingerprint density at radius 3 is 2.61 bits per heavy atom. The van der Waals surface area contributed by atoms with Crippen molar-refractivity contribution in [1.29, 1.82) is 0 Å². The van der Waals surface area contributed by atoms with E-state index in [1.807, 2.05) is 25.5 Å². The van der Waals surface area contributed by atoms with Crippen LogP contribution in [0.2, 0.25) is 0 Å². The van der Waals surface area contributed by atoms with Gasteiger partial charge in [-0.3, -0.25) is 14.5 Å². The van der Waals surface area contributed by atoms with E-state index in [9.17, 15) is 22.8 Å². The lowest BCUT2D eigenvalue weighted by Crippen LogP contribution is -2.55. The molecule has 0 radical (unpaired) electrons. The topological polar surface area (TPSA) is 76.5 Å². The van der Waals surface area contributed by atoms with Gasteiger partial charge in [0, 0.05) is 36.8 Å². The van der Waals surface area contributed by atoms with Crippen LogP contribution in [0.3, 0.4) is 0 Å². The number of fused-ring (bicyclic) bond motifs is 1. The summed E-state index contributed by atoms with van der Waals surface area (Å²) >= 11 is 0.